The number of benzene rings is 1. The molecule has 0 spiro atoms. The Bertz CT molecular complexity index is 1170. The number of nitrogens with one attached hydrogen (secondary N) is 1. The van der Waals surface area contributed by atoms with E-state index in [1.54, 1.807) is 25.3 Å². The summed E-state index contributed by atoms with van der Waals surface area (Å²) in [6, 6.07) is 10.3. The predicted octanol–water partition coefficient (Wildman–Crippen LogP) is 4.49. The third-order valence-corrected chi connectivity index (χ3v) is 6.03. The third kappa shape index (κ3) is 5.51. The Balaban J connectivity index is 1.96. The maximum atomic E-state index is 13.3. The van der Waals surface area contributed by atoms with E-state index in [4.69, 9.17) is 0 Å². The topological polar surface area (TPSA) is 96.5 Å². The second kappa shape index (κ2) is 9.62. The van der Waals surface area contributed by atoms with Gasteiger partial charge in [0.15, 0.2) is 11.0 Å². The zero-order chi connectivity index (χ0) is 24.2. The monoisotopic (exact) mass is 474 g/mol. The molecule has 0 saturated heterocycles. The first-order valence-electron chi connectivity index (χ1n) is 9.93. The van der Waals surface area contributed by atoms with Crippen LogP contribution < -0.4 is 5.32 Å². The summed E-state index contributed by atoms with van der Waals surface area (Å²) in [5, 5.41) is 20.6. The van der Waals surface area contributed by atoms with Crippen molar-refractivity contribution in [3.05, 3.63) is 54.4 Å². The molecule has 172 valence electrons. The molecule has 1 atom stereocenters. The van der Waals surface area contributed by atoms with Crippen LogP contribution in [0, 0.1) is 17.2 Å². The number of pyridine rings is 1. The number of halogens is 3. The van der Waals surface area contributed by atoms with Crippen LogP contribution in [0.2, 0.25) is 0 Å². The lowest BCUT2D eigenvalue weighted by atomic mass is 9.90. The lowest BCUT2D eigenvalue weighted by Gasteiger charge is -2.27. The summed E-state index contributed by atoms with van der Waals surface area (Å²) in [5.41, 5.74) is -1.12. The average molecular weight is 475 g/mol. The first kappa shape index (κ1) is 24.3. The first-order valence-corrected chi connectivity index (χ1v) is 10.9. The van der Waals surface area contributed by atoms with Crippen LogP contribution in [0.1, 0.15) is 26.3 Å². The van der Waals surface area contributed by atoms with Gasteiger partial charge in [0.2, 0.25) is 5.91 Å². The first-order chi connectivity index (χ1) is 15.5. The van der Waals surface area contributed by atoms with Crippen LogP contribution in [-0.4, -0.2) is 36.9 Å². The molecule has 0 aliphatic heterocycles. The second-order valence-electron chi connectivity index (χ2n) is 7.74. The predicted molar refractivity (Wildman–Crippen MR) is 117 cm³/mol. The van der Waals surface area contributed by atoms with Crippen molar-refractivity contribution in [3.8, 4) is 23.1 Å². The normalized spacial score (nSPS) is 13.4. The van der Waals surface area contributed by atoms with Crippen LogP contribution in [0.3, 0.4) is 0 Å². The molecule has 3 rings (SSSR count). The maximum Gasteiger partial charge on any atom is 0.416 e. The third-order valence-electron chi connectivity index (χ3n) is 5.10. The Hall–Kier alpha value is -3.39. The van der Waals surface area contributed by atoms with Crippen molar-refractivity contribution in [2.24, 2.45) is 5.92 Å². The Kier molecular flexibility index (Phi) is 7.07. The number of carbonyl (C=O) groups is 1. The molecule has 0 fully saturated rings. The van der Waals surface area contributed by atoms with Crippen molar-refractivity contribution in [3.63, 3.8) is 0 Å². The van der Waals surface area contributed by atoms with Gasteiger partial charge in [-0.2, -0.15) is 18.4 Å². The minimum absolute atomic E-state index is 0.103. The number of hydrogen-bond acceptors (Lipinski definition) is 6. The summed E-state index contributed by atoms with van der Waals surface area (Å²) in [6.45, 7) is 5.27. The van der Waals surface area contributed by atoms with Gasteiger partial charge >= 0.3 is 6.18 Å². The molecule has 0 radical (unpaired) electrons. The number of alkyl halides is 3. The zero-order valence-corrected chi connectivity index (χ0v) is 18.9. The van der Waals surface area contributed by atoms with Crippen molar-refractivity contribution in [2.45, 2.75) is 37.6 Å². The summed E-state index contributed by atoms with van der Waals surface area (Å²) in [7, 11) is 0. The number of rotatable bonds is 7. The fourth-order valence-corrected chi connectivity index (χ4v) is 3.61. The molecule has 1 N–H and O–H groups in total. The van der Waals surface area contributed by atoms with Crippen LogP contribution in [0.15, 0.2) is 53.9 Å². The Morgan fingerprint density at radius 3 is 2.61 bits per heavy atom. The second-order valence-corrected chi connectivity index (χ2v) is 8.68. The average Bonchev–Trinajstić information content (AvgIpc) is 3.21. The van der Waals surface area contributed by atoms with E-state index < -0.39 is 23.2 Å². The highest BCUT2D eigenvalue weighted by molar-refractivity contribution is 7.99. The van der Waals surface area contributed by atoms with E-state index in [0.717, 1.165) is 23.9 Å². The van der Waals surface area contributed by atoms with Crippen molar-refractivity contribution < 1.29 is 18.0 Å². The number of carbonyl (C=O) groups excluding carboxylic acids is 1. The van der Waals surface area contributed by atoms with Gasteiger partial charge in [-0.05, 0) is 43.2 Å². The van der Waals surface area contributed by atoms with E-state index in [2.05, 4.69) is 26.6 Å². The number of thioether (sulfide) groups is 1. The largest absolute Gasteiger partial charge is 0.416 e. The number of amides is 1. The molecule has 1 amide bonds. The molecular formula is C22H21F3N6OS. The maximum absolute atomic E-state index is 13.3. The summed E-state index contributed by atoms with van der Waals surface area (Å²) in [4.78, 5) is 16.5. The van der Waals surface area contributed by atoms with Gasteiger partial charge in [-0.15, -0.1) is 10.2 Å². The SMILES string of the molecule is CC(C)[C@@](C)(C#N)NC(=O)CSc1nnc(-c2cccnc2)n1-c1cccc(C(F)(F)F)c1. The van der Waals surface area contributed by atoms with Gasteiger partial charge in [0.25, 0.3) is 0 Å². The summed E-state index contributed by atoms with van der Waals surface area (Å²) >= 11 is 1.01. The molecule has 0 unspecified atom stereocenters. The standard InChI is InChI=1S/C22H21F3N6OS/c1-14(2)21(3,13-26)28-18(32)12-33-20-30-29-19(15-6-5-9-27-11-15)31(20)17-8-4-7-16(10-17)22(23,24)25/h4-11,14H,12H2,1-3H3,(H,28,32)/t21-/m1/s1. The van der Waals surface area contributed by atoms with E-state index in [0.29, 0.717) is 5.56 Å². The molecular weight excluding hydrogens is 453 g/mol. The molecule has 7 nitrogen and oxygen atoms in total. The molecule has 2 heterocycles. The van der Waals surface area contributed by atoms with Crippen LogP contribution in [0.4, 0.5) is 13.2 Å². The van der Waals surface area contributed by atoms with Crippen molar-refractivity contribution in [2.75, 3.05) is 5.75 Å². The van der Waals surface area contributed by atoms with Crippen molar-refractivity contribution >= 4 is 17.7 Å². The highest BCUT2D eigenvalue weighted by atomic mass is 32.2. The Labute approximate surface area is 193 Å². The van der Waals surface area contributed by atoms with Gasteiger partial charge in [0.1, 0.15) is 5.54 Å². The van der Waals surface area contributed by atoms with Gasteiger partial charge in [-0.1, -0.05) is 31.7 Å². The highest BCUT2D eigenvalue weighted by Crippen LogP contribution is 2.33. The van der Waals surface area contributed by atoms with Gasteiger partial charge < -0.3 is 5.32 Å². The molecule has 2 aromatic heterocycles. The number of nitrogens with zero attached hydrogens (tertiary/aromatic N) is 5. The van der Waals surface area contributed by atoms with Gasteiger partial charge in [-0.3, -0.25) is 14.3 Å². The van der Waals surface area contributed by atoms with Crippen molar-refractivity contribution in [1.29, 1.82) is 5.26 Å². The fourth-order valence-electron chi connectivity index (χ4n) is 2.86. The Morgan fingerprint density at radius 2 is 2.00 bits per heavy atom. The number of nitriles is 1. The van der Waals surface area contributed by atoms with Gasteiger partial charge in [0.05, 0.1) is 23.1 Å². The number of hydrogen-bond donors (Lipinski definition) is 1. The fraction of sp³-hybridized carbons (Fsp3) is 0.318. The van der Waals surface area contributed by atoms with Crippen LogP contribution >= 0.6 is 11.8 Å². The lowest BCUT2D eigenvalue weighted by molar-refractivity contribution is -0.137. The summed E-state index contributed by atoms with van der Waals surface area (Å²) in [6.07, 6.45) is -1.43. The van der Waals surface area contributed by atoms with Crippen molar-refractivity contribution in [1.82, 2.24) is 25.1 Å². The molecule has 11 heteroatoms. The molecule has 0 bridgehead atoms. The van der Waals surface area contributed by atoms with Crippen LogP contribution in [0.25, 0.3) is 17.1 Å². The summed E-state index contributed by atoms with van der Waals surface area (Å²) in [5.74, 6) is -0.343. The zero-order valence-electron chi connectivity index (χ0n) is 18.1. The minimum Gasteiger partial charge on any atom is -0.337 e. The molecule has 3 aromatic rings. The van der Waals surface area contributed by atoms with Gasteiger partial charge in [-0.25, -0.2) is 0 Å². The molecule has 33 heavy (non-hydrogen) atoms. The van der Waals surface area contributed by atoms with Crippen LogP contribution in [0.5, 0.6) is 0 Å². The minimum atomic E-state index is -4.52. The molecule has 0 aliphatic rings. The van der Waals surface area contributed by atoms with E-state index in [1.165, 1.54) is 22.9 Å². The number of aromatic nitrogens is 4. The van der Waals surface area contributed by atoms with E-state index in [1.807, 2.05) is 13.8 Å². The molecule has 0 aliphatic carbocycles. The Morgan fingerprint density at radius 1 is 1.24 bits per heavy atom. The molecule has 1 aromatic carbocycles. The van der Waals surface area contributed by atoms with Gasteiger partial charge in [0, 0.05) is 18.0 Å². The van der Waals surface area contributed by atoms with E-state index >= 15 is 0 Å². The van der Waals surface area contributed by atoms with E-state index in [-0.39, 0.29) is 28.3 Å². The van der Waals surface area contributed by atoms with Crippen LogP contribution in [-0.2, 0) is 11.0 Å². The quantitative estimate of drug-likeness (QED) is 0.507. The van der Waals surface area contributed by atoms with E-state index in [9.17, 15) is 23.2 Å². The lowest BCUT2D eigenvalue weighted by Crippen LogP contribution is -2.49. The summed E-state index contributed by atoms with van der Waals surface area (Å²) < 4.78 is 41.4. The molecule has 0 saturated carbocycles. The highest BCUT2D eigenvalue weighted by Gasteiger charge is 2.32. The smallest absolute Gasteiger partial charge is 0.337 e.